The summed E-state index contributed by atoms with van der Waals surface area (Å²) in [6.07, 6.45) is -3.66. The van der Waals surface area contributed by atoms with Crippen molar-refractivity contribution >= 4 is 22.6 Å². The maximum atomic E-state index is 13.7. The summed E-state index contributed by atoms with van der Waals surface area (Å²) in [4.78, 5) is 12.2. The number of aliphatic hydroxyl groups is 6. The summed E-state index contributed by atoms with van der Waals surface area (Å²) in [6, 6.07) is 6.83. The van der Waals surface area contributed by atoms with Crippen molar-refractivity contribution in [2.24, 2.45) is 5.92 Å². The number of hydrogen-bond donors (Lipinski definition) is 7. The fraction of sp³-hybridized carbons (Fsp3) is 0.375. The molecule has 1 aliphatic heterocycles. The summed E-state index contributed by atoms with van der Waals surface area (Å²) in [5.74, 6) is -5.69. The SMILES string of the molecule is Cc1c(CC(=O)O)c(-c2ccc(F)cc2)c2cc(C)n3c2c1N(C(O)(O)O)C(O)(C1CC1)C3(O)O. The molecule has 0 bridgehead atoms. The first kappa shape index (κ1) is 23.7. The number of anilines is 1. The Morgan fingerprint density at radius 1 is 1.11 bits per heavy atom. The van der Waals surface area contributed by atoms with Crippen LogP contribution in [0.4, 0.5) is 10.1 Å². The van der Waals surface area contributed by atoms with Crippen LogP contribution in [-0.4, -0.2) is 58.1 Å². The second kappa shape index (κ2) is 7.23. The summed E-state index contributed by atoms with van der Waals surface area (Å²) >= 11 is 0. The quantitative estimate of drug-likeness (QED) is 0.257. The predicted molar refractivity (Wildman–Crippen MR) is 120 cm³/mol. The van der Waals surface area contributed by atoms with E-state index in [0.29, 0.717) is 28.9 Å². The van der Waals surface area contributed by atoms with Gasteiger partial charge >= 0.3 is 18.0 Å². The molecule has 0 amide bonds. The molecule has 11 heteroatoms. The Morgan fingerprint density at radius 3 is 2.23 bits per heavy atom. The lowest BCUT2D eigenvalue weighted by molar-refractivity contribution is -0.390. The number of carbonyl (C=O) groups is 1. The van der Waals surface area contributed by atoms with Gasteiger partial charge < -0.3 is 35.7 Å². The lowest BCUT2D eigenvalue weighted by atomic mass is 9.86. The minimum absolute atomic E-state index is 0.0188. The van der Waals surface area contributed by atoms with Crippen LogP contribution < -0.4 is 4.90 Å². The third-order valence-corrected chi connectivity index (χ3v) is 7.07. The van der Waals surface area contributed by atoms with Gasteiger partial charge in [-0.1, -0.05) is 12.1 Å². The van der Waals surface area contributed by atoms with E-state index in [1.165, 1.54) is 37.3 Å². The zero-order valence-corrected chi connectivity index (χ0v) is 18.9. The van der Waals surface area contributed by atoms with Crippen LogP contribution in [0.25, 0.3) is 22.0 Å². The number of rotatable bonds is 5. The van der Waals surface area contributed by atoms with Crippen molar-refractivity contribution in [2.45, 2.75) is 50.8 Å². The molecule has 1 atom stereocenters. The van der Waals surface area contributed by atoms with E-state index in [9.17, 15) is 44.9 Å². The van der Waals surface area contributed by atoms with Crippen molar-refractivity contribution in [1.29, 1.82) is 0 Å². The Morgan fingerprint density at radius 2 is 1.71 bits per heavy atom. The molecule has 0 radical (unpaired) electrons. The summed E-state index contributed by atoms with van der Waals surface area (Å²) in [6.45, 7) is 3.01. The number of benzene rings is 2. The maximum Gasteiger partial charge on any atom is 0.372 e. The van der Waals surface area contributed by atoms with Crippen LogP contribution in [0.2, 0.25) is 0 Å². The molecule has 0 spiro atoms. The van der Waals surface area contributed by atoms with Gasteiger partial charge in [-0.2, -0.15) is 0 Å². The molecule has 0 saturated heterocycles. The van der Waals surface area contributed by atoms with Crippen LogP contribution in [0.3, 0.4) is 0 Å². The van der Waals surface area contributed by atoms with Crippen molar-refractivity contribution < 1.29 is 44.9 Å². The zero-order valence-electron chi connectivity index (χ0n) is 18.9. The third-order valence-electron chi connectivity index (χ3n) is 7.07. The minimum atomic E-state index is -3.74. The van der Waals surface area contributed by atoms with Crippen LogP contribution in [0.1, 0.15) is 29.7 Å². The van der Waals surface area contributed by atoms with Gasteiger partial charge in [0.15, 0.2) is 0 Å². The van der Waals surface area contributed by atoms with Crippen molar-refractivity contribution in [3.63, 3.8) is 0 Å². The largest absolute Gasteiger partial charge is 0.481 e. The van der Waals surface area contributed by atoms with Crippen LogP contribution in [0.15, 0.2) is 30.3 Å². The average molecular weight is 488 g/mol. The summed E-state index contributed by atoms with van der Waals surface area (Å²) in [7, 11) is 0. The standard InChI is InChI=1S/C24H25FN2O8/c1-11-9-17-19(13-3-7-15(25)8-4-13)16(10-18(28)29)12(2)20-21(17)26(11)23(31,32)22(30,14-5-6-14)27(20)24(33,34)35/h3-4,7-9,14,30-35H,5-6,10H2,1-2H3,(H,28,29). The number of halogens is 1. The van der Waals surface area contributed by atoms with E-state index >= 15 is 0 Å². The predicted octanol–water partition coefficient (Wildman–Crippen LogP) is 0.793. The first-order valence-electron chi connectivity index (χ1n) is 11.0. The van der Waals surface area contributed by atoms with E-state index in [-0.39, 0.29) is 33.4 Å². The Hall–Kier alpha value is -3.06. The summed E-state index contributed by atoms with van der Waals surface area (Å²) < 4.78 is 14.7. The number of hydrogen-bond acceptors (Lipinski definition) is 8. The molecule has 2 aromatic carbocycles. The number of nitrogens with zero attached hydrogens (tertiary/aromatic N) is 2. The van der Waals surface area contributed by atoms with Gasteiger partial charge in [-0.25, -0.2) is 4.39 Å². The molecule has 1 aromatic heterocycles. The molecule has 1 saturated carbocycles. The maximum absolute atomic E-state index is 13.7. The van der Waals surface area contributed by atoms with E-state index in [4.69, 9.17) is 0 Å². The zero-order chi connectivity index (χ0) is 25.7. The van der Waals surface area contributed by atoms with E-state index < -0.39 is 41.9 Å². The van der Waals surface area contributed by atoms with E-state index in [1.807, 2.05) is 0 Å². The molecule has 5 rings (SSSR count). The lowest BCUT2D eigenvalue weighted by Gasteiger charge is -2.54. The normalized spacial score (nSPS) is 21.6. The van der Waals surface area contributed by atoms with Gasteiger partial charge in [0.2, 0.25) is 5.72 Å². The van der Waals surface area contributed by atoms with E-state index in [0.717, 1.165) is 4.57 Å². The van der Waals surface area contributed by atoms with Gasteiger partial charge in [-0.3, -0.25) is 14.3 Å². The van der Waals surface area contributed by atoms with Gasteiger partial charge in [0, 0.05) is 17.0 Å². The molecule has 2 aliphatic rings. The second-order valence-electron chi connectivity index (χ2n) is 9.36. The van der Waals surface area contributed by atoms with Gasteiger partial charge in [-0.15, -0.1) is 0 Å². The van der Waals surface area contributed by atoms with Crippen molar-refractivity contribution in [2.75, 3.05) is 4.90 Å². The molecular weight excluding hydrogens is 463 g/mol. The first-order valence-corrected chi connectivity index (χ1v) is 11.0. The fourth-order valence-electron chi connectivity index (χ4n) is 5.53. The topological polar surface area (TPSA) is 167 Å². The number of carboxylic acid groups (broad SMARTS) is 1. The van der Waals surface area contributed by atoms with Gasteiger partial charge in [-0.05, 0) is 67.1 Å². The fourth-order valence-corrected chi connectivity index (χ4v) is 5.53. The molecule has 186 valence electrons. The van der Waals surface area contributed by atoms with Crippen LogP contribution >= 0.6 is 0 Å². The Labute approximate surface area is 198 Å². The Balaban J connectivity index is 1.99. The highest BCUT2D eigenvalue weighted by Gasteiger charge is 2.69. The molecule has 2 heterocycles. The Bertz CT molecular complexity index is 1370. The molecule has 7 N–H and O–H groups in total. The van der Waals surface area contributed by atoms with E-state index in [2.05, 4.69) is 0 Å². The molecule has 1 unspecified atom stereocenters. The second-order valence-corrected chi connectivity index (χ2v) is 9.36. The van der Waals surface area contributed by atoms with E-state index in [1.54, 1.807) is 6.92 Å². The molecule has 10 nitrogen and oxygen atoms in total. The molecular formula is C24H25FN2O8. The molecule has 35 heavy (non-hydrogen) atoms. The number of aromatic nitrogens is 1. The van der Waals surface area contributed by atoms with Crippen molar-refractivity contribution in [1.82, 2.24) is 4.57 Å². The minimum Gasteiger partial charge on any atom is -0.481 e. The molecule has 3 aromatic rings. The van der Waals surface area contributed by atoms with Gasteiger partial charge in [0.1, 0.15) is 5.82 Å². The smallest absolute Gasteiger partial charge is 0.372 e. The molecule has 1 fully saturated rings. The number of aryl methyl sites for hydroxylation is 1. The number of aliphatic carboxylic acids is 1. The number of carboxylic acids is 1. The third kappa shape index (κ3) is 3.13. The van der Waals surface area contributed by atoms with Crippen molar-refractivity contribution in [3.8, 4) is 11.1 Å². The van der Waals surface area contributed by atoms with Crippen LogP contribution in [0, 0.1) is 25.6 Å². The Kier molecular flexibility index (Phi) is 4.89. The lowest BCUT2D eigenvalue weighted by Crippen LogP contribution is -2.75. The summed E-state index contributed by atoms with van der Waals surface area (Å²) in [5.41, 5.74) is -1.52. The summed E-state index contributed by atoms with van der Waals surface area (Å²) in [5, 5.41) is 75.4. The average Bonchev–Trinajstić information content (AvgIpc) is 3.53. The molecule has 1 aliphatic carbocycles. The highest BCUT2D eigenvalue weighted by molar-refractivity contribution is 6.07. The highest BCUT2D eigenvalue weighted by atomic mass is 19.1. The highest BCUT2D eigenvalue weighted by Crippen LogP contribution is 2.58. The van der Waals surface area contributed by atoms with Crippen molar-refractivity contribution in [3.05, 3.63) is 53.0 Å². The van der Waals surface area contributed by atoms with Gasteiger partial charge in [0.25, 0.3) is 0 Å². The van der Waals surface area contributed by atoms with Crippen LogP contribution in [0.5, 0.6) is 0 Å². The first-order chi connectivity index (χ1) is 16.2. The monoisotopic (exact) mass is 488 g/mol. The van der Waals surface area contributed by atoms with Gasteiger partial charge in [0.05, 0.1) is 17.6 Å². The van der Waals surface area contributed by atoms with Crippen LogP contribution in [-0.2, 0) is 17.1 Å².